The quantitative estimate of drug-likeness (QED) is 0.731. The van der Waals surface area contributed by atoms with Crippen LogP contribution >= 0.6 is 0 Å². The maximum atomic E-state index is 11.8. The molecule has 0 aromatic heterocycles. The topological polar surface area (TPSA) is 50.4 Å². The Morgan fingerprint density at radius 1 is 1.44 bits per heavy atom. The van der Waals surface area contributed by atoms with Crippen LogP contribution in [0.1, 0.15) is 26.7 Å². The predicted molar refractivity (Wildman–Crippen MR) is 64.2 cm³/mol. The number of piperidine rings is 1. The number of nitrogens with one attached hydrogen (secondary N) is 2. The van der Waals surface area contributed by atoms with Gasteiger partial charge in [0.2, 0.25) is 5.91 Å². The molecule has 16 heavy (non-hydrogen) atoms. The molecule has 1 heterocycles. The van der Waals surface area contributed by atoms with Crippen molar-refractivity contribution in [2.45, 2.75) is 32.8 Å². The van der Waals surface area contributed by atoms with E-state index >= 15 is 0 Å². The van der Waals surface area contributed by atoms with E-state index in [1.54, 1.807) is 7.11 Å². The Hall–Kier alpha value is -0.610. The summed E-state index contributed by atoms with van der Waals surface area (Å²) in [7, 11) is 1.70. The molecule has 94 valence electrons. The fourth-order valence-electron chi connectivity index (χ4n) is 2.02. The van der Waals surface area contributed by atoms with E-state index in [0.29, 0.717) is 12.5 Å². The Labute approximate surface area is 98.1 Å². The van der Waals surface area contributed by atoms with Crippen molar-refractivity contribution in [2.75, 3.05) is 26.7 Å². The summed E-state index contributed by atoms with van der Waals surface area (Å²) >= 11 is 0. The van der Waals surface area contributed by atoms with Crippen molar-refractivity contribution >= 4 is 5.91 Å². The van der Waals surface area contributed by atoms with Crippen LogP contribution in [0, 0.1) is 11.8 Å². The maximum Gasteiger partial charge on any atom is 0.223 e. The average molecular weight is 228 g/mol. The van der Waals surface area contributed by atoms with E-state index in [4.69, 9.17) is 4.74 Å². The van der Waals surface area contributed by atoms with Gasteiger partial charge in [-0.3, -0.25) is 4.79 Å². The van der Waals surface area contributed by atoms with E-state index in [2.05, 4.69) is 24.5 Å². The monoisotopic (exact) mass is 228 g/mol. The van der Waals surface area contributed by atoms with E-state index in [0.717, 1.165) is 25.9 Å². The molecule has 4 heteroatoms. The summed E-state index contributed by atoms with van der Waals surface area (Å²) in [5, 5.41) is 6.25. The number of methoxy groups -OCH3 is 1. The molecule has 0 aromatic rings. The van der Waals surface area contributed by atoms with Gasteiger partial charge in [0.25, 0.3) is 0 Å². The molecule has 1 atom stereocenters. The summed E-state index contributed by atoms with van der Waals surface area (Å²) in [6.07, 6.45) is 2.02. The smallest absolute Gasteiger partial charge is 0.223 e. The average Bonchev–Trinajstić information content (AvgIpc) is 2.30. The lowest BCUT2D eigenvalue weighted by molar-refractivity contribution is -0.126. The van der Waals surface area contributed by atoms with E-state index in [-0.39, 0.29) is 17.9 Å². The highest BCUT2D eigenvalue weighted by Crippen LogP contribution is 2.12. The molecule has 1 saturated heterocycles. The van der Waals surface area contributed by atoms with Gasteiger partial charge in [0.1, 0.15) is 0 Å². The summed E-state index contributed by atoms with van der Waals surface area (Å²) in [4.78, 5) is 11.8. The van der Waals surface area contributed by atoms with Crippen molar-refractivity contribution in [1.82, 2.24) is 10.6 Å². The number of hydrogen-bond donors (Lipinski definition) is 2. The molecule has 0 spiro atoms. The van der Waals surface area contributed by atoms with Gasteiger partial charge < -0.3 is 15.4 Å². The number of carbonyl (C=O) groups is 1. The Morgan fingerprint density at radius 2 is 2.06 bits per heavy atom. The standard InChI is InChI=1S/C12H24N2O2/c1-9(2)11(16-3)8-14-12(15)10-4-6-13-7-5-10/h9-11,13H,4-8H2,1-3H3,(H,14,15). The van der Waals surface area contributed by atoms with Gasteiger partial charge in [-0.15, -0.1) is 0 Å². The molecule has 0 aliphatic carbocycles. The highest BCUT2D eigenvalue weighted by Gasteiger charge is 2.22. The van der Waals surface area contributed by atoms with E-state index < -0.39 is 0 Å². The van der Waals surface area contributed by atoms with Crippen molar-refractivity contribution in [2.24, 2.45) is 11.8 Å². The first-order valence-electron chi connectivity index (χ1n) is 6.16. The van der Waals surface area contributed by atoms with Gasteiger partial charge >= 0.3 is 0 Å². The molecule has 0 aromatic carbocycles. The van der Waals surface area contributed by atoms with Crippen LogP contribution in [0.3, 0.4) is 0 Å². The van der Waals surface area contributed by atoms with Crippen molar-refractivity contribution in [3.8, 4) is 0 Å². The van der Waals surface area contributed by atoms with Crippen LogP contribution < -0.4 is 10.6 Å². The third kappa shape index (κ3) is 4.10. The number of rotatable bonds is 5. The van der Waals surface area contributed by atoms with Gasteiger partial charge in [0, 0.05) is 19.6 Å². The summed E-state index contributed by atoms with van der Waals surface area (Å²) in [5.41, 5.74) is 0. The Balaban J connectivity index is 2.27. The lowest BCUT2D eigenvalue weighted by Crippen LogP contribution is -2.42. The van der Waals surface area contributed by atoms with Crippen molar-refractivity contribution in [1.29, 1.82) is 0 Å². The molecule has 0 radical (unpaired) electrons. The number of hydrogen-bond acceptors (Lipinski definition) is 3. The van der Waals surface area contributed by atoms with Crippen LogP contribution in [-0.4, -0.2) is 38.8 Å². The first-order chi connectivity index (χ1) is 7.65. The summed E-state index contributed by atoms with van der Waals surface area (Å²) in [6, 6.07) is 0. The second kappa shape index (κ2) is 6.86. The Bertz CT molecular complexity index is 213. The molecule has 1 aliphatic rings. The van der Waals surface area contributed by atoms with Gasteiger partial charge in [-0.1, -0.05) is 13.8 Å². The minimum atomic E-state index is 0.116. The molecule has 0 saturated carbocycles. The Morgan fingerprint density at radius 3 is 2.56 bits per heavy atom. The van der Waals surface area contributed by atoms with Crippen LogP contribution in [0.5, 0.6) is 0 Å². The van der Waals surface area contributed by atoms with Crippen LogP contribution in [0.15, 0.2) is 0 Å². The zero-order valence-electron chi connectivity index (χ0n) is 10.6. The van der Waals surface area contributed by atoms with Crippen LogP contribution in [0.25, 0.3) is 0 Å². The van der Waals surface area contributed by atoms with Gasteiger partial charge in [0.05, 0.1) is 6.10 Å². The maximum absolute atomic E-state index is 11.8. The normalized spacial score (nSPS) is 19.8. The van der Waals surface area contributed by atoms with Crippen molar-refractivity contribution < 1.29 is 9.53 Å². The number of ether oxygens (including phenoxy) is 1. The molecular weight excluding hydrogens is 204 g/mol. The molecule has 1 unspecified atom stereocenters. The first-order valence-corrected chi connectivity index (χ1v) is 6.16. The molecular formula is C12H24N2O2. The highest BCUT2D eigenvalue weighted by atomic mass is 16.5. The second-order valence-corrected chi connectivity index (χ2v) is 4.79. The molecule has 0 bridgehead atoms. The van der Waals surface area contributed by atoms with Crippen LogP contribution in [-0.2, 0) is 9.53 Å². The molecule has 1 aliphatic heterocycles. The summed E-state index contributed by atoms with van der Waals surface area (Å²) in [5.74, 6) is 0.799. The lowest BCUT2D eigenvalue weighted by Gasteiger charge is -2.24. The van der Waals surface area contributed by atoms with E-state index in [9.17, 15) is 4.79 Å². The fraction of sp³-hybridized carbons (Fsp3) is 0.917. The van der Waals surface area contributed by atoms with E-state index in [1.807, 2.05) is 0 Å². The van der Waals surface area contributed by atoms with Crippen molar-refractivity contribution in [3.05, 3.63) is 0 Å². The summed E-state index contributed by atoms with van der Waals surface area (Å²) < 4.78 is 5.32. The largest absolute Gasteiger partial charge is 0.379 e. The van der Waals surface area contributed by atoms with Gasteiger partial charge in [-0.25, -0.2) is 0 Å². The molecule has 4 nitrogen and oxygen atoms in total. The second-order valence-electron chi connectivity index (χ2n) is 4.79. The molecule has 1 fully saturated rings. The predicted octanol–water partition coefficient (Wildman–Crippen LogP) is 0.773. The third-order valence-electron chi connectivity index (χ3n) is 3.23. The minimum absolute atomic E-state index is 0.116. The Kier molecular flexibility index (Phi) is 5.77. The van der Waals surface area contributed by atoms with Gasteiger partial charge in [0.15, 0.2) is 0 Å². The van der Waals surface area contributed by atoms with Gasteiger partial charge in [-0.05, 0) is 31.8 Å². The lowest BCUT2D eigenvalue weighted by atomic mass is 9.97. The van der Waals surface area contributed by atoms with Crippen molar-refractivity contribution in [3.63, 3.8) is 0 Å². The van der Waals surface area contributed by atoms with Crippen LogP contribution in [0.4, 0.5) is 0 Å². The minimum Gasteiger partial charge on any atom is -0.379 e. The third-order valence-corrected chi connectivity index (χ3v) is 3.23. The first kappa shape index (κ1) is 13.5. The highest BCUT2D eigenvalue weighted by molar-refractivity contribution is 5.78. The number of carbonyl (C=O) groups excluding carboxylic acids is 1. The molecule has 1 amide bonds. The van der Waals surface area contributed by atoms with Gasteiger partial charge in [-0.2, -0.15) is 0 Å². The zero-order valence-corrected chi connectivity index (χ0v) is 10.6. The SMILES string of the molecule is COC(CNC(=O)C1CCNCC1)C(C)C. The molecule has 2 N–H and O–H groups in total. The van der Waals surface area contributed by atoms with Crippen LogP contribution in [0.2, 0.25) is 0 Å². The fourth-order valence-corrected chi connectivity index (χ4v) is 2.02. The molecule has 1 rings (SSSR count). The number of amides is 1. The zero-order chi connectivity index (χ0) is 12.0. The van der Waals surface area contributed by atoms with E-state index in [1.165, 1.54) is 0 Å². The summed E-state index contributed by atoms with van der Waals surface area (Å²) in [6.45, 7) is 6.73.